The third-order valence-electron chi connectivity index (χ3n) is 3.24. The van der Waals surface area contributed by atoms with Gasteiger partial charge < -0.3 is 20.7 Å². The van der Waals surface area contributed by atoms with Crippen LogP contribution >= 0.6 is 11.5 Å². The van der Waals surface area contributed by atoms with Gasteiger partial charge in [0.25, 0.3) is 0 Å². The fourth-order valence-corrected chi connectivity index (χ4v) is 2.96. The van der Waals surface area contributed by atoms with Crippen LogP contribution in [-0.2, 0) is 9.53 Å². The number of hydrogen-bond donors (Lipinski definition) is 2. The molecule has 1 saturated heterocycles. The first-order chi connectivity index (χ1) is 9.54. The molecule has 0 aliphatic carbocycles. The monoisotopic (exact) mass is 298 g/mol. The zero-order valence-corrected chi connectivity index (χ0v) is 12.3. The maximum atomic E-state index is 12.2. The molecule has 1 unspecified atom stereocenters. The van der Waals surface area contributed by atoms with Crippen molar-refractivity contribution in [2.45, 2.75) is 25.8 Å². The molecular formula is C12H18N4O3S. The number of nitrogens with two attached hydrogens (primary N) is 1. The molecule has 1 atom stereocenters. The minimum Gasteiger partial charge on any atom is -0.465 e. The Morgan fingerprint density at radius 2 is 2.10 bits per heavy atom. The van der Waals surface area contributed by atoms with Crippen LogP contribution in [0.3, 0.4) is 0 Å². The van der Waals surface area contributed by atoms with E-state index in [0.29, 0.717) is 5.00 Å². The number of amides is 1. The minimum atomic E-state index is -0.556. The second kappa shape index (κ2) is 6.08. The molecule has 8 heteroatoms. The van der Waals surface area contributed by atoms with Gasteiger partial charge in [-0.3, -0.25) is 4.79 Å². The summed E-state index contributed by atoms with van der Waals surface area (Å²) in [4.78, 5) is 25.7. The van der Waals surface area contributed by atoms with Crippen molar-refractivity contribution < 1.29 is 14.3 Å². The predicted octanol–water partition coefficient (Wildman–Crippen LogP) is 0.935. The highest BCUT2D eigenvalue weighted by molar-refractivity contribution is 7.11. The third kappa shape index (κ3) is 2.84. The van der Waals surface area contributed by atoms with Crippen molar-refractivity contribution >= 4 is 34.2 Å². The summed E-state index contributed by atoms with van der Waals surface area (Å²) < 4.78 is 8.60. The average Bonchev–Trinajstić information content (AvgIpc) is 3.07. The number of esters is 1. The largest absolute Gasteiger partial charge is 0.465 e. The molecule has 1 amide bonds. The van der Waals surface area contributed by atoms with Crippen LogP contribution in [0.1, 0.15) is 30.1 Å². The van der Waals surface area contributed by atoms with E-state index in [0.717, 1.165) is 37.5 Å². The zero-order valence-electron chi connectivity index (χ0n) is 11.5. The van der Waals surface area contributed by atoms with Gasteiger partial charge in [0.15, 0.2) is 5.82 Å². The first kappa shape index (κ1) is 14.6. The molecule has 1 fully saturated rings. The van der Waals surface area contributed by atoms with Gasteiger partial charge in [-0.05, 0) is 31.3 Å². The predicted molar refractivity (Wildman–Crippen MR) is 76.8 cm³/mol. The summed E-state index contributed by atoms with van der Waals surface area (Å²) in [5, 5.41) is 3.47. The molecular weight excluding hydrogens is 280 g/mol. The Bertz CT molecular complexity index is 511. The van der Waals surface area contributed by atoms with E-state index >= 15 is 0 Å². The second-order valence-electron chi connectivity index (χ2n) is 4.66. The molecule has 2 rings (SSSR count). The van der Waals surface area contributed by atoms with E-state index in [1.54, 1.807) is 6.92 Å². The van der Waals surface area contributed by atoms with Gasteiger partial charge in [-0.1, -0.05) is 0 Å². The number of carbonyl (C=O) groups excluding carboxylic acids is 2. The molecule has 1 aromatic rings. The van der Waals surface area contributed by atoms with E-state index in [9.17, 15) is 9.59 Å². The highest BCUT2D eigenvalue weighted by Crippen LogP contribution is 2.28. The molecule has 1 aromatic heterocycles. The lowest BCUT2D eigenvalue weighted by Gasteiger charge is -2.21. The van der Waals surface area contributed by atoms with Crippen LogP contribution in [0.15, 0.2) is 0 Å². The van der Waals surface area contributed by atoms with Crippen molar-refractivity contribution in [3.8, 4) is 0 Å². The standard InChI is InChI=1S/C12H18N4O3S/c1-7(11(17)16-5-3-4-6-16)14-10-8(12(18)19-2)9(13)15-20-10/h7,14H,3-6H2,1-2H3,(H2,13,15). The van der Waals surface area contributed by atoms with Crippen molar-refractivity contribution in [1.29, 1.82) is 0 Å². The molecule has 1 aliphatic heterocycles. The highest BCUT2D eigenvalue weighted by Gasteiger charge is 2.26. The smallest absolute Gasteiger partial charge is 0.344 e. The average molecular weight is 298 g/mol. The van der Waals surface area contributed by atoms with Crippen molar-refractivity contribution in [2.24, 2.45) is 0 Å². The van der Waals surface area contributed by atoms with Crippen LogP contribution in [0.2, 0.25) is 0 Å². The van der Waals surface area contributed by atoms with Crippen molar-refractivity contribution in [3.63, 3.8) is 0 Å². The molecule has 2 heterocycles. The fraction of sp³-hybridized carbons (Fsp3) is 0.583. The van der Waals surface area contributed by atoms with E-state index in [2.05, 4.69) is 14.4 Å². The summed E-state index contributed by atoms with van der Waals surface area (Å²) in [5.41, 5.74) is 5.85. The Morgan fingerprint density at radius 1 is 1.45 bits per heavy atom. The molecule has 3 N–H and O–H groups in total. The van der Waals surface area contributed by atoms with E-state index in [1.165, 1.54) is 7.11 Å². The number of anilines is 2. The van der Waals surface area contributed by atoms with Gasteiger partial charge in [0, 0.05) is 13.1 Å². The number of likely N-dealkylation sites (tertiary alicyclic amines) is 1. The first-order valence-electron chi connectivity index (χ1n) is 6.43. The number of methoxy groups -OCH3 is 1. The number of nitrogen functional groups attached to an aromatic ring is 1. The van der Waals surface area contributed by atoms with Crippen molar-refractivity contribution in [3.05, 3.63) is 5.56 Å². The number of carbonyl (C=O) groups is 2. The fourth-order valence-electron chi connectivity index (χ4n) is 2.17. The van der Waals surface area contributed by atoms with Crippen LogP contribution in [0.5, 0.6) is 0 Å². The molecule has 0 saturated carbocycles. The highest BCUT2D eigenvalue weighted by atomic mass is 32.1. The quantitative estimate of drug-likeness (QED) is 0.803. The van der Waals surface area contributed by atoms with Crippen molar-refractivity contribution in [1.82, 2.24) is 9.27 Å². The number of ether oxygens (including phenoxy) is 1. The summed E-state index contributed by atoms with van der Waals surface area (Å²) in [6.45, 7) is 3.34. The molecule has 110 valence electrons. The van der Waals surface area contributed by atoms with Gasteiger partial charge in [-0.2, -0.15) is 4.37 Å². The Balaban J connectivity index is 2.09. The SMILES string of the molecule is COC(=O)c1c(N)nsc1NC(C)C(=O)N1CCCC1. The zero-order chi connectivity index (χ0) is 14.7. The summed E-state index contributed by atoms with van der Waals surface area (Å²) >= 11 is 1.05. The lowest BCUT2D eigenvalue weighted by Crippen LogP contribution is -2.39. The topological polar surface area (TPSA) is 97.5 Å². The van der Waals surface area contributed by atoms with Gasteiger partial charge in [-0.15, -0.1) is 0 Å². The summed E-state index contributed by atoms with van der Waals surface area (Å²) in [6, 6.07) is -0.434. The van der Waals surface area contributed by atoms with Gasteiger partial charge in [-0.25, -0.2) is 4.79 Å². The van der Waals surface area contributed by atoms with Crippen LogP contribution in [0.4, 0.5) is 10.8 Å². The Labute approximate surface area is 121 Å². The van der Waals surface area contributed by atoms with Crippen molar-refractivity contribution in [2.75, 3.05) is 31.2 Å². The minimum absolute atomic E-state index is 0.0188. The van der Waals surface area contributed by atoms with Crippen LogP contribution < -0.4 is 11.1 Å². The number of nitrogens with zero attached hydrogens (tertiary/aromatic N) is 2. The maximum Gasteiger partial charge on any atom is 0.344 e. The van der Waals surface area contributed by atoms with E-state index in [-0.39, 0.29) is 17.3 Å². The van der Waals surface area contributed by atoms with E-state index < -0.39 is 12.0 Å². The number of rotatable bonds is 4. The first-order valence-corrected chi connectivity index (χ1v) is 7.20. The third-order valence-corrected chi connectivity index (χ3v) is 4.04. The van der Waals surface area contributed by atoms with Gasteiger partial charge in [0.1, 0.15) is 16.6 Å². The summed E-state index contributed by atoms with van der Waals surface area (Å²) in [5.74, 6) is -0.421. The van der Waals surface area contributed by atoms with E-state index in [1.807, 2.05) is 4.90 Å². The van der Waals surface area contributed by atoms with Gasteiger partial charge in [0.05, 0.1) is 7.11 Å². The summed E-state index contributed by atoms with van der Waals surface area (Å²) in [7, 11) is 1.28. The van der Waals surface area contributed by atoms with Gasteiger partial charge >= 0.3 is 5.97 Å². The molecule has 0 bridgehead atoms. The van der Waals surface area contributed by atoms with Crippen LogP contribution in [0, 0.1) is 0 Å². The van der Waals surface area contributed by atoms with E-state index in [4.69, 9.17) is 5.73 Å². The Hall–Kier alpha value is -1.83. The molecule has 0 spiro atoms. The maximum absolute atomic E-state index is 12.2. The normalized spacial score (nSPS) is 16.0. The number of nitrogens with one attached hydrogen (secondary N) is 1. The molecule has 1 aliphatic rings. The Morgan fingerprint density at radius 3 is 2.70 bits per heavy atom. The molecule has 7 nitrogen and oxygen atoms in total. The molecule has 20 heavy (non-hydrogen) atoms. The van der Waals surface area contributed by atoms with Gasteiger partial charge in [0.2, 0.25) is 5.91 Å². The van der Waals surface area contributed by atoms with Crippen LogP contribution in [-0.4, -0.2) is 47.4 Å². The molecule has 0 aromatic carbocycles. The lowest BCUT2D eigenvalue weighted by atomic mass is 10.2. The molecule has 0 radical (unpaired) electrons. The number of aromatic nitrogens is 1. The Kier molecular flexibility index (Phi) is 4.43. The number of hydrogen-bond acceptors (Lipinski definition) is 7. The summed E-state index contributed by atoms with van der Waals surface area (Å²) in [6.07, 6.45) is 2.08. The van der Waals surface area contributed by atoms with Crippen LogP contribution in [0.25, 0.3) is 0 Å². The lowest BCUT2D eigenvalue weighted by molar-refractivity contribution is -0.130. The second-order valence-corrected chi connectivity index (χ2v) is 5.44.